The van der Waals surface area contributed by atoms with E-state index in [1.54, 1.807) is 36.2 Å². The number of carbonyl (C=O) groups excluding carboxylic acids is 2. The van der Waals surface area contributed by atoms with Crippen LogP contribution in [0.4, 0.5) is 0 Å². The minimum Gasteiger partial charge on any atom is -0.497 e. The summed E-state index contributed by atoms with van der Waals surface area (Å²) >= 11 is 0. The van der Waals surface area contributed by atoms with Crippen molar-refractivity contribution in [3.05, 3.63) is 102 Å². The minimum atomic E-state index is -0.474. The van der Waals surface area contributed by atoms with Gasteiger partial charge in [-0.3, -0.25) is 9.59 Å². The van der Waals surface area contributed by atoms with Crippen molar-refractivity contribution in [3.8, 4) is 22.7 Å². The number of benzene rings is 3. The Hall–Kier alpha value is -4.39. The standard InChI is InChI=1S/C26H24N4O3/c1-33-22-12-10-19(11-13-22)24-23(17-30(29-24)21-8-3-2-4-9-21)26(32)28-15-14-18-6-5-7-20(16-18)25(27)31/h2-13,16-17H,14-15H2,1H3,(H2,27,31)(H,28,32). The second-order valence-corrected chi connectivity index (χ2v) is 7.47. The van der Waals surface area contributed by atoms with E-state index in [1.165, 1.54) is 0 Å². The first-order valence-corrected chi connectivity index (χ1v) is 10.5. The fraction of sp³-hybridized carbons (Fsp3) is 0.115. The number of aromatic nitrogens is 2. The molecule has 33 heavy (non-hydrogen) atoms. The van der Waals surface area contributed by atoms with Gasteiger partial charge in [-0.2, -0.15) is 5.10 Å². The second-order valence-electron chi connectivity index (χ2n) is 7.47. The van der Waals surface area contributed by atoms with E-state index in [4.69, 9.17) is 10.5 Å². The van der Waals surface area contributed by atoms with Crippen LogP contribution >= 0.6 is 0 Å². The highest BCUT2D eigenvalue weighted by Crippen LogP contribution is 2.26. The molecular weight excluding hydrogens is 416 g/mol. The lowest BCUT2D eigenvalue weighted by Gasteiger charge is -2.07. The number of hydrogen-bond donors (Lipinski definition) is 2. The Morgan fingerprint density at radius 3 is 2.45 bits per heavy atom. The van der Waals surface area contributed by atoms with Crippen molar-refractivity contribution >= 4 is 11.8 Å². The number of nitrogens with one attached hydrogen (secondary N) is 1. The van der Waals surface area contributed by atoms with E-state index in [9.17, 15) is 9.59 Å². The number of primary amides is 1. The molecule has 0 aliphatic carbocycles. The lowest BCUT2D eigenvalue weighted by atomic mass is 10.1. The maximum absolute atomic E-state index is 13.1. The predicted octanol–water partition coefficient (Wildman–Crippen LogP) is 3.62. The number of methoxy groups -OCH3 is 1. The van der Waals surface area contributed by atoms with Crippen molar-refractivity contribution in [1.29, 1.82) is 0 Å². The number of amides is 2. The topological polar surface area (TPSA) is 99.2 Å². The Morgan fingerprint density at radius 2 is 1.76 bits per heavy atom. The summed E-state index contributed by atoms with van der Waals surface area (Å²) in [6.45, 7) is 0.402. The van der Waals surface area contributed by atoms with Gasteiger partial charge in [0, 0.05) is 23.9 Å². The largest absolute Gasteiger partial charge is 0.497 e. The average molecular weight is 441 g/mol. The predicted molar refractivity (Wildman–Crippen MR) is 127 cm³/mol. The number of hydrogen-bond acceptors (Lipinski definition) is 4. The Kier molecular flexibility index (Phi) is 6.50. The molecule has 0 unspecified atom stereocenters. The summed E-state index contributed by atoms with van der Waals surface area (Å²) in [4.78, 5) is 24.5. The van der Waals surface area contributed by atoms with Gasteiger partial charge < -0.3 is 15.8 Å². The van der Waals surface area contributed by atoms with Gasteiger partial charge in [-0.1, -0.05) is 30.3 Å². The van der Waals surface area contributed by atoms with Crippen LogP contribution in [0.3, 0.4) is 0 Å². The van der Waals surface area contributed by atoms with Crippen LogP contribution in [0.25, 0.3) is 16.9 Å². The molecule has 0 atom stereocenters. The summed E-state index contributed by atoms with van der Waals surface area (Å²) in [5.74, 6) is 0.0258. The quantitative estimate of drug-likeness (QED) is 0.437. The molecule has 4 aromatic rings. The maximum atomic E-state index is 13.1. The van der Waals surface area contributed by atoms with Gasteiger partial charge in [0.25, 0.3) is 5.91 Å². The molecule has 3 N–H and O–H groups in total. The van der Waals surface area contributed by atoms with Gasteiger partial charge in [0.1, 0.15) is 11.4 Å². The Morgan fingerprint density at radius 1 is 1.00 bits per heavy atom. The summed E-state index contributed by atoms with van der Waals surface area (Å²) in [7, 11) is 1.61. The highest BCUT2D eigenvalue weighted by atomic mass is 16.5. The number of nitrogens with two attached hydrogens (primary N) is 1. The lowest BCUT2D eigenvalue weighted by molar-refractivity contribution is 0.0953. The highest BCUT2D eigenvalue weighted by molar-refractivity contribution is 6.00. The molecule has 0 bridgehead atoms. The van der Waals surface area contributed by atoms with Crippen molar-refractivity contribution in [1.82, 2.24) is 15.1 Å². The summed E-state index contributed by atoms with van der Waals surface area (Å²) in [5.41, 5.74) is 9.43. The monoisotopic (exact) mass is 440 g/mol. The van der Waals surface area contributed by atoms with E-state index in [-0.39, 0.29) is 5.91 Å². The van der Waals surface area contributed by atoms with Gasteiger partial charge in [0.15, 0.2) is 0 Å². The van der Waals surface area contributed by atoms with E-state index in [1.807, 2.05) is 60.7 Å². The Bertz CT molecular complexity index is 1260. The normalized spacial score (nSPS) is 10.6. The van der Waals surface area contributed by atoms with Crippen LogP contribution in [-0.2, 0) is 6.42 Å². The van der Waals surface area contributed by atoms with Gasteiger partial charge in [-0.05, 0) is 60.5 Å². The molecule has 7 heteroatoms. The van der Waals surface area contributed by atoms with E-state index >= 15 is 0 Å². The van der Waals surface area contributed by atoms with E-state index in [0.29, 0.717) is 29.8 Å². The minimum absolute atomic E-state index is 0.228. The molecule has 7 nitrogen and oxygen atoms in total. The van der Waals surface area contributed by atoms with E-state index in [0.717, 1.165) is 22.6 Å². The van der Waals surface area contributed by atoms with Crippen molar-refractivity contribution < 1.29 is 14.3 Å². The molecule has 3 aromatic carbocycles. The van der Waals surface area contributed by atoms with Crippen LogP contribution in [-0.4, -0.2) is 35.2 Å². The zero-order valence-electron chi connectivity index (χ0n) is 18.2. The van der Waals surface area contributed by atoms with Crippen LogP contribution in [0, 0.1) is 0 Å². The number of carbonyl (C=O) groups is 2. The third-order valence-corrected chi connectivity index (χ3v) is 5.25. The number of para-hydroxylation sites is 1. The van der Waals surface area contributed by atoms with Gasteiger partial charge in [0.2, 0.25) is 5.91 Å². The molecule has 0 aliphatic heterocycles. The molecule has 166 valence electrons. The summed E-state index contributed by atoms with van der Waals surface area (Å²) in [5, 5.41) is 7.65. The summed E-state index contributed by atoms with van der Waals surface area (Å²) < 4.78 is 6.94. The van der Waals surface area contributed by atoms with Crippen LogP contribution in [0.5, 0.6) is 5.75 Å². The van der Waals surface area contributed by atoms with E-state index in [2.05, 4.69) is 10.4 Å². The first kappa shape index (κ1) is 21.8. The number of nitrogens with zero attached hydrogens (tertiary/aromatic N) is 2. The Balaban J connectivity index is 1.57. The van der Waals surface area contributed by atoms with Crippen LogP contribution < -0.4 is 15.8 Å². The van der Waals surface area contributed by atoms with E-state index < -0.39 is 5.91 Å². The summed E-state index contributed by atoms with van der Waals surface area (Å²) in [6.07, 6.45) is 2.30. The van der Waals surface area contributed by atoms with Gasteiger partial charge in [0.05, 0.1) is 18.4 Å². The van der Waals surface area contributed by atoms with Gasteiger partial charge >= 0.3 is 0 Å². The molecule has 2 amide bonds. The van der Waals surface area contributed by atoms with Crippen LogP contribution in [0.15, 0.2) is 85.1 Å². The second kappa shape index (κ2) is 9.82. The molecule has 0 aliphatic rings. The number of rotatable bonds is 8. The first-order valence-electron chi connectivity index (χ1n) is 10.5. The van der Waals surface area contributed by atoms with Gasteiger partial charge in [-0.15, -0.1) is 0 Å². The van der Waals surface area contributed by atoms with Crippen molar-refractivity contribution in [3.63, 3.8) is 0 Å². The fourth-order valence-electron chi connectivity index (χ4n) is 3.51. The molecule has 0 saturated carbocycles. The molecule has 0 spiro atoms. The molecule has 0 saturated heterocycles. The number of ether oxygens (including phenoxy) is 1. The maximum Gasteiger partial charge on any atom is 0.255 e. The molecule has 0 fully saturated rings. The van der Waals surface area contributed by atoms with Crippen LogP contribution in [0.1, 0.15) is 26.3 Å². The third-order valence-electron chi connectivity index (χ3n) is 5.25. The highest BCUT2D eigenvalue weighted by Gasteiger charge is 2.18. The van der Waals surface area contributed by atoms with Gasteiger partial charge in [-0.25, -0.2) is 4.68 Å². The SMILES string of the molecule is COc1ccc(-c2nn(-c3ccccc3)cc2C(=O)NCCc2cccc(C(N)=O)c2)cc1. The first-order chi connectivity index (χ1) is 16.0. The van der Waals surface area contributed by atoms with Crippen LogP contribution in [0.2, 0.25) is 0 Å². The smallest absolute Gasteiger partial charge is 0.255 e. The van der Waals surface area contributed by atoms with Crippen molar-refractivity contribution in [2.45, 2.75) is 6.42 Å². The lowest BCUT2D eigenvalue weighted by Crippen LogP contribution is -2.26. The average Bonchev–Trinajstić information content (AvgIpc) is 3.30. The molecular formula is C26H24N4O3. The fourth-order valence-corrected chi connectivity index (χ4v) is 3.51. The zero-order chi connectivity index (χ0) is 23.2. The Labute approximate surface area is 191 Å². The third kappa shape index (κ3) is 5.10. The zero-order valence-corrected chi connectivity index (χ0v) is 18.2. The van der Waals surface area contributed by atoms with Crippen molar-refractivity contribution in [2.75, 3.05) is 13.7 Å². The molecule has 1 heterocycles. The molecule has 0 radical (unpaired) electrons. The molecule has 4 rings (SSSR count). The summed E-state index contributed by atoms with van der Waals surface area (Å²) in [6, 6.07) is 24.1. The molecule has 1 aromatic heterocycles. The van der Waals surface area contributed by atoms with Crippen molar-refractivity contribution in [2.24, 2.45) is 5.73 Å².